The maximum absolute atomic E-state index is 3.78. The highest BCUT2D eigenvalue weighted by atomic mass is 79.9. The van der Waals surface area contributed by atoms with E-state index in [9.17, 15) is 0 Å². The summed E-state index contributed by atoms with van der Waals surface area (Å²) in [5, 5.41) is 0. The highest BCUT2D eigenvalue weighted by Gasteiger charge is 2.10. The van der Waals surface area contributed by atoms with Crippen molar-refractivity contribution in [2.24, 2.45) is 11.8 Å². The Morgan fingerprint density at radius 2 is 1.82 bits per heavy atom. The molecule has 0 saturated carbocycles. The van der Waals surface area contributed by atoms with Crippen LogP contribution >= 0.6 is 15.9 Å². The number of alkyl halides is 1. The second-order valence-corrected chi connectivity index (χ2v) is 4.76. The lowest BCUT2D eigenvalue weighted by molar-refractivity contribution is 0.516. The van der Waals surface area contributed by atoms with Crippen molar-refractivity contribution in [3.05, 3.63) is 12.7 Å². The molecule has 0 aromatic rings. The average molecular weight is 219 g/mol. The molecule has 66 valence electrons. The van der Waals surface area contributed by atoms with Crippen LogP contribution in [0.5, 0.6) is 0 Å². The first-order valence-electron chi connectivity index (χ1n) is 4.34. The minimum atomic E-state index is 0.591. The third kappa shape index (κ3) is 5.49. The predicted octanol–water partition coefficient (Wildman–Crippen LogP) is 4.01. The van der Waals surface area contributed by atoms with E-state index < -0.39 is 0 Å². The molecule has 0 aromatic carbocycles. The summed E-state index contributed by atoms with van der Waals surface area (Å²) in [6, 6.07) is 0. The minimum absolute atomic E-state index is 0.591. The molecule has 2 atom stereocenters. The fraction of sp³-hybridized carbons (Fsp3) is 0.800. The fourth-order valence-corrected chi connectivity index (χ4v) is 1.38. The third-order valence-electron chi connectivity index (χ3n) is 1.96. The normalized spacial score (nSPS) is 16.5. The van der Waals surface area contributed by atoms with E-state index in [0.29, 0.717) is 10.7 Å². The first-order valence-corrected chi connectivity index (χ1v) is 5.26. The quantitative estimate of drug-likeness (QED) is 0.484. The van der Waals surface area contributed by atoms with Gasteiger partial charge >= 0.3 is 0 Å². The third-order valence-corrected chi connectivity index (χ3v) is 3.25. The Kier molecular flexibility index (Phi) is 5.93. The highest BCUT2D eigenvalue weighted by Crippen LogP contribution is 2.21. The summed E-state index contributed by atoms with van der Waals surface area (Å²) in [6.07, 6.45) is 4.57. The SMILES string of the molecule is C=CC(C)[C@H](Br)CCC(C)C. The number of hydrogen-bond acceptors (Lipinski definition) is 0. The molecule has 0 aromatic heterocycles. The van der Waals surface area contributed by atoms with Crippen LogP contribution in [0.3, 0.4) is 0 Å². The zero-order valence-corrected chi connectivity index (χ0v) is 9.39. The van der Waals surface area contributed by atoms with Crippen molar-refractivity contribution >= 4 is 15.9 Å². The van der Waals surface area contributed by atoms with Crippen molar-refractivity contribution < 1.29 is 0 Å². The summed E-state index contributed by atoms with van der Waals surface area (Å²) in [4.78, 5) is 0.613. The van der Waals surface area contributed by atoms with Crippen LogP contribution in [0.1, 0.15) is 33.6 Å². The van der Waals surface area contributed by atoms with Crippen LogP contribution < -0.4 is 0 Å². The van der Waals surface area contributed by atoms with Gasteiger partial charge in [-0.3, -0.25) is 0 Å². The molecule has 1 unspecified atom stereocenters. The lowest BCUT2D eigenvalue weighted by Crippen LogP contribution is -2.08. The number of hydrogen-bond donors (Lipinski definition) is 0. The average Bonchev–Trinajstić information content (AvgIpc) is 1.98. The zero-order chi connectivity index (χ0) is 8.85. The van der Waals surface area contributed by atoms with Gasteiger partial charge in [0.25, 0.3) is 0 Å². The van der Waals surface area contributed by atoms with E-state index in [1.54, 1.807) is 0 Å². The van der Waals surface area contributed by atoms with Gasteiger partial charge in [-0.1, -0.05) is 42.8 Å². The van der Waals surface area contributed by atoms with Crippen LogP contribution in [0.4, 0.5) is 0 Å². The number of allylic oxidation sites excluding steroid dienone is 1. The van der Waals surface area contributed by atoms with Crippen LogP contribution in [0.25, 0.3) is 0 Å². The van der Waals surface area contributed by atoms with Gasteiger partial charge in [0.05, 0.1) is 0 Å². The van der Waals surface area contributed by atoms with Crippen molar-refractivity contribution in [3.63, 3.8) is 0 Å². The van der Waals surface area contributed by atoms with E-state index in [1.807, 2.05) is 6.08 Å². The summed E-state index contributed by atoms with van der Waals surface area (Å²) >= 11 is 3.66. The summed E-state index contributed by atoms with van der Waals surface area (Å²) in [7, 11) is 0. The van der Waals surface area contributed by atoms with Crippen LogP contribution in [-0.2, 0) is 0 Å². The first kappa shape index (κ1) is 11.2. The van der Waals surface area contributed by atoms with Gasteiger partial charge in [-0.25, -0.2) is 0 Å². The Morgan fingerprint density at radius 3 is 2.18 bits per heavy atom. The van der Waals surface area contributed by atoms with Crippen molar-refractivity contribution in [3.8, 4) is 0 Å². The van der Waals surface area contributed by atoms with E-state index in [0.717, 1.165) is 5.92 Å². The van der Waals surface area contributed by atoms with Crippen molar-refractivity contribution in [2.75, 3.05) is 0 Å². The largest absolute Gasteiger partial charge is 0.103 e. The van der Waals surface area contributed by atoms with E-state index in [-0.39, 0.29) is 0 Å². The van der Waals surface area contributed by atoms with E-state index >= 15 is 0 Å². The maximum atomic E-state index is 3.78. The molecule has 0 heterocycles. The predicted molar refractivity (Wildman–Crippen MR) is 56.1 cm³/mol. The zero-order valence-electron chi connectivity index (χ0n) is 7.81. The van der Waals surface area contributed by atoms with Gasteiger partial charge < -0.3 is 0 Å². The lowest BCUT2D eigenvalue weighted by atomic mass is 10.00. The molecule has 0 saturated heterocycles. The molecule has 0 bridgehead atoms. The van der Waals surface area contributed by atoms with Gasteiger partial charge in [-0.2, -0.15) is 0 Å². The molecular weight excluding hydrogens is 200 g/mol. The van der Waals surface area contributed by atoms with Crippen LogP contribution in [-0.4, -0.2) is 4.83 Å². The monoisotopic (exact) mass is 218 g/mol. The van der Waals surface area contributed by atoms with Crippen molar-refractivity contribution in [1.29, 1.82) is 0 Å². The molecule has 1 heteroatoms. The van der Waals surface area contributed by atoms with Gasteiger partial charge in [0.2, 0.25) is 0 Å². The summed E-state index contributed by atoms with van der Waals surface area (Å²) in [6.45, 7) is 10.5. The molecule has 0 fully saturated rings. The van der Waals surface area contributed by atoms with Crippen LogP contribution in [0, 0.1) is 11.8 Å². The van der Waals surface area contributed by atoms with E-state index in [4.69, 9.17) is 0 Å². The van der Waals surface area contributed by atoms with Crippen molar-refractivity contribution in [2.45, 2.75) is 38.4 Å². The Morgan fingerprint density at radius 1 is 1.27 bits per heavy atom. The molecule has 0 nitrogen and oxygen atoms in total. The van der Waals surface area contributed by atoms with Gasteiger partial charge in [0.15, 0.2) is 0 Å². The molecule has 11 heavy (non-hydrogen) atoms. The van der Waals surface area contributed by atoms with Crippen LogP contribution in [0.15, 0.2) is 12.7 Å². The lowest BCUT2D eigenvalue weighted by Gasteiger charge is -2.15. The summed E-state index contributed by atoms with van der Waals surface area (Å²) in [5.74, 6) is 1.40. The van der Waals surface area contributed by atoms with Gasteiger partial charge in [-0.05, 0) is 24.7 Å². The Labute approximate surface area is 79.2 Å². The highest BCUT2D eigenvalue weighted by molar-refractivity contribution is 9.09. The van der Waals surface area contributed by atoms with Gasteiger partial charge in [0, 0.05) is 4.83 Å². The Hall–Kier alpha value is 0.220. The molecule has 0 radical (unpaired) electrons. The number of rotatable bonds is 5. The Balaban J connectivity index is 3.51. The Bertz CT molecular complexity index is 107. The van der Waals surface area contributed by atoms with Gasteiger partial charge in [0.1, 0.15) is 0 Å². The molecule has 0 aliphatic heterocycles. The van der Waals surface area contributed by atoms with Crippen molar-refractivity contribution in [1.82, 2.24) is 0 Å². The molecular formula is C10H19Br. The second-order valence-electron chi connectivity index (χ2n) is 3.58. The van der Waals surface area contributed by atoms with Crippen LogP contribution in [0.2, 0.25) is 0 Å². The van der Waals surface area contributed by atoms with Gasteiger partial charge in [-0.15, -0.1) is 6.58 Å². The molecule has 0 aliphatic rings. The maximum Gasteiger partial charge on any atom is 0.0205 e. The first-order chi connectivity index (χ1) is 5.07. The summed E-state index contributed by atoms with van der Waals surface area (Å²) < 4.78 is 0. The summed E-state index contributed by atoms with van der Waals surface area (Å²) in [5.41, 5.74) is 0. The van der Waals surface area contributed by atoms with E-state index in [1.165, 1.54) is 12.8 Å². The standard InChI is InChI=1S/C10H19Br/c1-5-9(4)10(11)7-6-8(2)3/h5,8-10H,1,6-7H2,2-4H3/t9?,10-/m1/s1. The smallest absolute Gasteiger partial charge is 0.0205 e. The fourth-order valence-electron chi connectivity index (χ4n) is 0.903. The second kappa shape index (κ2) is 5.82. The number of halogens is 1. The molecule has 0 spiro atoms. The molecule has 0 N–H and O–H groups in total. The molecule has 0 rings (SSSR count). The molecule has 0 aliphatic carbocycles. The minimum Gasteiger partial charge on any atom is -0.103 e. The van der Waals surface area contributed by atoms with E-state index in [2.05, 4.69) is 43.3 Å². The molecule has 0 amide bonds. The topological polar surface area (TPSA) is 0 Å².